The molecule has 0 saturated carbocycles. The van der Waals surface area contributed by atoms with Crippen molar-refractivity contribution in [3.8, 4) is 0 Å². The summed E-state index contributed by atoms with van der Waals surface area (Å²) in [6.45, 7) is 0.793. The number of rotatable bonds is 4. The van der Waals surface area contributed by atoms with Crippen LogP contribution >= 0.6 is 15.9 Å². The van der Waals surface area contributed by atoms with Gasteiger partial charge in [-0.05, 0) is 18.2 Å². The number of amides is 1. The average molecular weight is 362 g/mol. The van der Waals surface area contributed by atoms with Crippen molar-refractivity contribution in [1.82, 2.24) is 14.9 Å². The molecule has 21 heavy (non-hydrogen) atoms. The Morgan fingerprint density at radius 3 is 2.76 bits per heavy atom. The maximum atomic E-state index is 12.8. The predicted molar refractivity (Wildman–Crippen MR) is 73.7 cm³/mol. The molecule has 1 amide bonds. The number of halogens is 4. The molecule has 0 aliphatic heterocycles. The molecule has 0 atom stereocenters. The molecule has 0 aliphatic rings. The number of carbonyl (C=O) groups excluding carboxylic acids is 1. The minimum atomic E-state index is -4.51. The summed E-state index contributed by atoms with van der Waals surface area (Å²) >= 11 is 2.83. The van der Waals surface area contributed by atoms with Crippen molar-refractivity contribution < 1.29 is 18.0 Å². The van der Waals surface area contributed by atoms with Crippen LogP contribution in [0.1, 0.15) is 15.9 Å². The fourth-order valence-electron chi connectivity index (χ4n) is 1.70. The SMILES string of the molecule is O=C(NCCn1ccnc1)c1ccc(Br)c(C(F)(F)F)c1. The molecular weight excluding hydrogens is 351 g/mol. The van der Waals surface area contributed by atoms with Crippen LogP contribution < -0.4 is 5.32 Å². The first kappa shape index (κ1) is 15.6. The zero-order valence-electron chi connectivity index (χ0n) is 10.7. The van der Waals surface area contributed by atoms with E-state index in [1.54, 1.807) is 23.3 Å². The van der Waals surface area contributed by atoms with E-state index in [9.17, 15) is 18.0 Å². The lowest BCUT2D eigenvalue weighted by Gasteiger charge is -2.11. The molecular formula is C13H11BrF3N3O. The standard InChI is InChI=1S/C13H11BrF3N3O/c14-11-2-1-9(7-10(11)13(15,16)17)12(21)19-4-6-20-5-3-18-8-20/h1-3,5,7-8H,4,6H2,(H,19,21). The zero-order valence-corrected chi connectivity index (χ0v) is 12.3. The molecule has 112 valence electrons. The van der Waals surface area contributed by atoms with E-state index in [1.807, 2.05) is 0 Å². The molecule has 8 heteroatoms. The van der Waals surface area contributed by atoms with Gasteiger partial charge in [0.1, 0.15) is 0 Å². The zero-order chi connectivity index (χ0) is 15.5. The van der Waals surface area contributed by atoms with Crippen LogP contribution in [0.5, 0.6) is 0 Å². The molecule has 1 N–H and O–H groups in total. The summed E-state index contributed by atoms with van der Waals surface area (Å²) in [6, 6.07) is 3.39. The molecule has 0 spiro atoms. The summed E-state index contributed by atoms with van der Waals surface area (Å²) in [5.74, 6) is -0.548. The van der Waals surface area contributed by atoms with Crippen LogP contribution in [0.15, 0.2) is 41.4 Å². The van der Waals surface area contributed by atoms with Gasteiger partial charge in [-0.3, -0.25) is 4.79 Å². The Hall–Kier alpha value is -1.83. The number of imidazole rings is 1. The lowest BCUT2D eigenvalue weighted by atomic mass is 10.1. The Labute approximate surface area is 127 Å². The van der Waals surface area contributed by atoms with Crippen molar-refractivity contribution in [3.63, 3.8) is 0 Å². The largest absolute Gasteiger partial charge is 0.417 e. The summed E-state index contributed by atoms with van der Waals surface area (Å²) in [4.78, 5) is 15.7. The summed E-state index contributed by atoms with van der Waals surface area (Å²) in [5, 5.41) is 2.57. The number of benzene rings is 1. The molecule has 2 aromatic rings. The van der Waals surface area contributed by atoms with E-state index in [1.165, 1.54) is 12.1 Å². The third-order valence-electron chi connectivity index (χ3n) is 2.75. The third-order valence-corrected chi connectivity index (χ3v) is 3.44. The molecule has 1 aromatic heterocycles. The molecule has 0 unspecified atom stereocenters. The lowest BCUT2D eigenvalue weighted by Crippen LogP contribution is -2.27. The molecule has 0 fully saturated rings. The number of hydrogen-bond donors (Lipinski definition) is 1. The van der Waals surface area contributed by atoms with E-state index in [-0.39, 0.29) is 10.0 Å². The fourth-order valence-corrected chi connectivity index (χ4v) is 2.17. The van der Waals surface area contributed by atoms with E-state index in [0.29, 0.717) is 13.1 Å². The highest BCUT2D eigenvalue weighted by molar-refractivity contribution is 9.10. The molecule has 2 rings (SSSR count). The smallest absolute Gasteiger partial charge is 0.350 e. The van der Waals surface area contributed by atoms with Gasteiger partial charge in [0.15, 0.2) is 0 Å². The Morgan fingerprint density at radius 1 is 1.38 bits per heavy atom. The normalized spacial score (nSPS) is 11.4. The van der Waals surface area contributed by atoms with Gasteiger partial charge in [0.05, 0.1) is 11.9 Å². The first-order valence-electron chi connectivity index (χ1n) is 5.98. The molecule has 0 aliphatic carbocycles. The number of alkyl halides is 3. The van der Waals surface area contributed by atoms with E-state index < -0.39 is 17.6 Å². The quantitative estimate of drug-likeness (QED) is 0.909. The topological polar surface area (TPSA) is 46.9 Å². The summed E-state index contributed by atoms with van der Waals surface area (Å²) in [7, 11) is 0. The van der Waals surface area contributed by atoms with Gasteiger partial charge in [0, 0.05) is 35.5 Å². The molecule has 0 saturated heterocycles. The highest BCUT2D eigenvalue weighted by Crippen LogP contribution is 2.35. The Balaban J connectivity index is 2.02. The maximum Gasteiger partial charge on any atom is 0.417 e. The lowest BCUT2D eigenvalue weighted by molar-refractivity contribution is -0.138. The van der Waals surface area contributed by atoms with Gasteiger partial charge in [-0.15, -0.1) is 0 Å². The van der Waals surface area contributed by atoms with Gasteiger partial charge in [-0.2, -0.15) is 13.2 Å². The first-order valence-corrected chi connectivity index (χ1v) is 6.78. The van der Waals surface area contributed by atoms with Crippen LogP contribution in [0.3, 0.4) is 0 Å². The van der Waals surface area contributed by atoms with Crippen molar-refractivity contribution in [2.45, 2.75) is 12.7 Å². The van der Waals surface area contributed by atoms with Crippen molar-refractivity contribution in [2.24, 2.45) is 0 Å². The highest BCUT2D eigenvalue weighted by Gasteiger charge is 2.33. The predicted octanol–water partition coefficient (Wildman–Crippen LogP) is 3.09. The second-order valence-corrected chi connectivity index (χ2v) is 5.10. The summed E-state index contributed by atoms with van der Waals surface area (Å²) < 4.78 is 39.9. The van der Waals surface area contributed by atoms with Crippen LogP contribution in [-0.2, 0) is 12.7 Å². The van der Waals surface area contributed by atoms with Crippen molar-refractivity contribution in [1.29, 1.82) is 0 Å². The van der Waals surface area contributed by atoms with Crippen LogP contribution in [0.2, 0.25) is 0 Å². The van der Waals surface area contributed by atoms with E-state index in [2.05, 4.69) is 26.2 Å². The number of aromatic nitrogens is 2. The molecule has 1 aromatic carbocycles. The van der Waals surface area contributed by atoms with Gasteiger partial charge >= 0.3 is 6.18 Å². The van der Waals surface area contributed by atoms with Gasteiger partial charge in [0.25, 0.3) is 5.91 Å². The van der Waals surface area contributed by atoms with Gasteiger partial charge < -0.3 is 9.88 Å². The van der Waals surface area contributed by atoms with E-state index in [0.717, 1.165) is 6.07 Å². The number of hydrogen-bond acceptors (Lipinski definition) is 2. The Morgan fingerprint density at radius 2 is 2.14 bits per heavy atom. The van der Waals surface area contributed by atoms with E-state index in [4.69, 9.17) is 0 Å². The van der Waals surface area contributed by atoms with Crippen LogP contribution in [0.25, 0.3) is 0 Å². The number of nitrogens with zero attached hydrogens (tertiary/aromatic N) is 2. The summed E-state index contributed by atoms with van der Waals surface area (Å²) in [6.07, 6.45) is 0.416. The minimum Gasteiger partial charge on any atom is -0.350 e. The fraction of sp³-hybridized carbons (Fsp3) is 0.231. The Kier molecular flexibility index (Phi) is 4.66. The minimum absolute atomic E-state index is 0.0313. The van der Waals surface area contributed by atoms with Crippen LogP contribution in [0.4, 0.5) is 13.2 Å². The molecule has 0 radical (unpaired) electrons. The highest BCUT2D eigenvalue weighted by atomic mass is 79.9. The molecule has 0 bridgehead atoms. The molecule has 4 nitrogen and oxygen atoms in total. The van der Waals surface area contributed by atoms with E-state index >= 15 is 0 Å². The monoisotopic (exact) mass is 361 g/mol. The van der Waals surface area contributed by atoms with Crippen LogP contribution in [0, 0.1) is 0 Å². The Bertz CT molecular complexity index is 626. The average Bonchev–Trinajstić information content (AvgIpc) is 2.91. The first-order chi connectivity index (χ1) is 9.88. The van der Waals surface area contributed by atoms with Crippen molar-refractivity contribution in [2.75, 3.05) is 6.54 Å². The second-order valence-electron chi connectivity index (χ2n) is 4.25. The van der Waals surface area contributed by atoms with Gasteiger partial charge in [-0.25, -0.2) is 4.98 Å². The second kappa shape index (κ2) is 6.30. The third kappa shape index (κ3) is 4.07. The number of nitrogens with one attached hydrogen (secondary N) is 1. The maximum absolute atomic E-state index is 12.8. The van der Waals surface area contributed by atoms with Gasteiger partial charge in [0.2, 0.25) is 0 Å². The van der Waals surface area contributed by atoms with Crippen molar-refractivity contribution >= 4 is 21.8 Å². The van der Waals surface area contributed by atoms with Crippen molar-refractivity contribution in [3.05, 3.63) is 52.5 Å². The van der Waals surface area contributed by atoms with Crippen LogP contribution in [-0.4, -0.2) is 22.0 Å². The number of carbonyl (C=O) groups is 1. The molecule has 1 heterocycles. The van der Waals surface area contributed by atoms with Gasteiger partial charge in [-0.1, -0.05) is 15.9 Å². The summed E-state index contributed by atoms with van der Waals surface area (Å²) in [5.41, 5.74) is -0.902.